The lowest BCUT2D eigenvalue weighted by Crippen LogP contribution is -2.26. The number of unbranched alkanes of at least 4 members (excludes halogenated alkanes) is 2. The number of nitrogens with one attached hydrogen (secondary N) is 1. The Hall–Kier alpha value is -1.42. The quantitative estimate of drug-likeness (QED) is 0.711. The van der Waals surface area contributed by atoms with Crippen LogP contribution >= 0.6 is 0 Å². The third-order valence-electron chi connectivity index (χ3n) is 2.47. The molecule has 0 heterocycles. The van der Waals surface area contributed by atoms with Crippen molar-refractivity contribution in [2.75, 3.05) is 13.2 Å². The maximum Gasteiger partial charge on any atom is 0.224 e. The Morgan fingerprint density at radius 2 is 2.00 bits per heavy atom. The molecule has 0 radical (unpaired) electrons. The molecule has 1 aromatic carbocycles. The first kappa shape index (κ1) is 13.6. The SMILES string of the molecule is O=C(Cc1ccccc1F)NCCCCCO. The molecule has 1 rings (SSSR count). The van der Waals surface area contributed by atoms with E-state index >= 15 is 0 Å². The Bertz CT molecular complexity index is 355. The molecule has 3 nitrogen and oxygen atoms in total. The van der Waals surface area contributed by atoms with Crippen molar-refractivity contribution in [2.45, 2.75) is 25.7 Å². The van der Waals surface area contributed by atoms with Crippen LogP contribution in [0.2, 0.25) is 0 Å². The van der Waals surface area contributed by atoms with Gasteiger partial charge in [-0.25, -0.2) is 4.39 Å². The molecule has 0 saturated carbocycles. The molecule has 0 unspecified atom stereocenters. The maximum absolute atomic E-state index is 13.2. The molecule has 0 spiro atoms. The van der Waals surface area contributed by atoms with Gasteiger partial charge in [0.15, 0.2) is 0 Å². The van der Waals surface area contributed by atoms with Crippen LogP contribution < -0.4 is 5.32 Å². The number of carbonyl (C=O) groups excluding carboxylic acids is 1. The van der Waals surface area contributed by atoms with E-state index in [2.05, 4.69) is 5.32 Å². The van der Waals surface area contributed by atoms with Crippen molar-refractivity contribution in [3.05, 3.63) is 35.6 Å². The zero-order valence-electron chi connectivity index (χ0n) is 9.79. The number of aliphatic hydroxyl groups excluding tert-OH is 1. The Kier molecular flexibility index (Phi) is 6.25. The summed E-state index contributed by atoms with van der Waals surface area (Å²) in [6.07, 6.45) is 2.55. The van der Waals surface area contributed by atoms with Gasteiger partial charge in [-0.3, -0.25) is 4.79 Å². The van der Waals surface area contributed by atoms with Crippen LogP contribution in [0.3, 0.4) is 0 Å². The summed E-state index contributed by atoms with van der Waals surface area (Å²) in [5.41, 5.74) is 0.417. The van der Waals surface area contributed by atoms with Crippen LogP contribution in [-0.2, 0) is 11.2 Å². The zero-order chi connectivity index (χ0) is 12.5. The molecule has 0 fully saturated rings. The van der Waals surface area contributed by atoms with Crippen molar-refractivity contribution in [1.29, 1.82) is 0 Å². The van der Waals surface area contributed by atoms with Gasteiger partial charge in [0.05, 0.1) is 6.42 Å². The summed E-state index contributed by atoms with van der Waals surface area (Å²) in [4.78, 5) is 11.5. The minimum atomic E-state index is -0.345. The lowest BCUT2D eigenvalue weighted by molar-refractivity contribution is -0.120. The van der Waals surface area contributed by atoms with E-state index in [0.717, 1.165) is 19.3 Å². The molecule has 1 amide bonds. The second kappa shape index (κ2) is 7.79. The van der Waals surface area contributed by atoms with E-state index in [9.17, 15) is 9.18 Å². The molecular weight excluding hydrogens is 221 g/mol. The van der Waals surface area contributed by atoms with Crippen LogP contribution in [0.15, 0.2) is 24.3 Å². The van der Waals surface area contributed by atoms with Crippen molar-refractivity contribution < 1.29 is 14.3 Å². The van der Waals surface area contributed by atoms with E-state index in [4.69, 9.17) is 5.11 Å². The summed E-state index contributed by atoms with van der Waals surface area (Å²) < 4.78 is 13.2. The summed E-state index contributed by atoms with van der Waals surface area (Å²) in [6, 6.07) is 6.28. The predicted octanol–water partition coefficient (Wildman–Crippen LogP) is 1.65. The average molecular weight is 239 g/mol. The number of benzene rings is 1. The average Bonchev–Trinajstić information content (AvgIpc) is 2.32. The van der Waals surface area contributed by atoms with Crippen molar-refractivity contribution >= 4 is 5.91 Å². The fraction of sp³-hybridized carbons (Fsp3) is 0.462. The molecule has 0 atom stereocenters. The van der Waals surface area contributed by atoms with Gasteiger partial charge >= 0.3 is 0 Å². The fourth-order valence-corrected chi connectivity index (χ4v) is 1.52. The molecule has 2 N–H and O–H groups in total. The molecule has 17 heavy (non-hydrogen) atoms. The second-order valence-electron chi connectivity index (χ2n) is 3.90. The Morgan fingerprint density at radius 1 is 1.24 bits per heavy atom. The highest BCUT2D eigenvalue weighted by atomic mass is 19.1. The molecule has 0 saturated heterocycles. The molecule has 0 aliphatic carbocycles. The topological polar surface area (TPSA) is 49.3 Å². The Labute approximate surface area is 101 Å². The Morgan fingerprint density at radius 3 is 2.71 bits per heavy atom. The summed E-state index contributed by atoms with van der Waals surface area (Å²) in [5, 5.41) is 11.3. The molecule has 94 valence electrons. The second-order valence-corrected chi connectivity index (χ2v) is 3.90. The number of halogens is 1. The van der Waals surface area contributed by atoms with Crippen LogP contribution in [0, 0.1) is 5.82 Å². The van der Waals surface area contributed by atoms with Gasteiger partial charge in [-0.1, -0.05) is 18.2 Å². The van der Waals surface area contributed by atoms with Crippen LogP contribution in [0.25, 0.3) is 0 Å². The third kappa shape index (κ3) is 5.45. The van der Waals surface area contributed by atoms with E-state index in [1.165, 1.54) is 6.07 Å². The lowest BCUT2D eigenvalue weighted by Gasteiger charge is -2.05. The minimum Gasteiger partial charge on any atom is -0.396 e. The summed E-state index contributed by atoms with van der Waals surface area (Å²) in [6.45, 7) is 0.760. The van der Waals surface area contributed by atoms with Crippen LogP contribution in [0.1, 0.15) is 24.8 Å². The monoisotopic (exact) mass is 239 g/mol. The first-order valence-corrected chi connectivity index (χ1v) is 5.85. The number of hydrogen-bond acceptors (Lipinski definition) is 2. The fourth-order valence-electron chi connectivity index (χ4n) is 1.52. The summed E-state index contributed by atoms with van der Waals surface area (Å²) in [7, 11) is 0. The first-order chi connectivity index (χ1) is 8.24. The van der Waals surface area contributed by atoms with Crippen molar-refractivity contribution in [3.63, 3.8) is 0 Å². The van der Waals surface area contributed by atoms with Gasteiger partial charge in [-0.15, -0.1) is 0 Å². The van der Waals surface area contributed by atoms with Gasteiger partial charge in [0, 0.05) is 13.2 Å². The van der Waals surface area contributed by atoms with E-state index in [1.54, 1.807) is 18.2 Å². The number of aliphatic hydroxyl groups is 1. The van der Waals surface area contributed by atoms with Crippen molar-refractivity contribution in [3.8, 4) is 0 Å². The van der Waals surface area contributed by atoms with Crippen molar-refractivity contribution in [2.24, 2.45) is 0 Å². The molecule has 0 aliphatic heterocycles. The van der Waals surface area contributed by atoms with Crippen LogP contribution in [0.4, 0.5) is 4.39 Å². The maximum atomic E-state index is 13.2. The molecule has 4 heteroatoms. The third-order valence-corrected chi connectivity index (χ3v) is 2.47. The van der Waals surface area contributed by atoms with E-state index in [-0.39, 0.29) is 24.8 Å². The summed E-state index contributed by atoms with van der Waals surface area (Å²) in [5.74, 6) is -0.512. The molecular formula is C13H18FNO2. The van der Waals surface area contributed by atoms with Gasteiger partial charge < -0.3 is 10.4 Å². The number of hydrogen-bond donors (Lipinski definition) is 2. The van der Waals surface area contributed by atoms with Gasteiger partial charge in [0.1, 0.15) is 5.82 Å². The first-order valence-electron chi connectivity index (χ1n) is 5.85. The summed E-state index contributed by atoms with van der Waals surface area (Å²) >= 11 is 0. The van der Waals surface area contributed by atoms with Gasteiger partial charge in [0.2, 0.25) is 5.91 Å². The molecule has 0 bridgehead atoms. The highest BCUT2D eigenvalue weighted by molar-refractivity contribution is 5.78. The van der Waals surface area contributed by atoms with Crippen LogP contribution in [0.5, 0.6) is 0 Å². The highest BCUT2D eigenvalue weighted by Gasteiger charge is 2.06. The largest absolute Gasteiger partial charge is 0.396 e. The Balaban J connectivity index is 2.23. The number of carbonyl (C=O) groups is 1. The molecule has 0 aliphatic rings. The highest BCUT2D eigenvalue weighted by Crippen LogP contribution is 2.06. The molecule has 0 aromatic heterocycles. The van der Waals surface area contributed by atoms with E-state index in [1.807, 2.05) is 0 Å². The minimum absolute atomic E-state index is 0.0761. The van der Waals surface area contributed by atoms with Crippen LogP contribution in [-0.4, -0.2) is 24.2 Å². The normalized spacial score (nSPS) is 10.2. The standard InChI is InChI=1S/C13H18FNO2/c14-12-7-3-2-6-11(12)10-13(17)15-8-4-1-5-9-16/h2-3,6-7,16H,1,4-5,8-10H2,(H,15,17). The van der Waals surface area contributed by atoms with E-state index < -0.39 is 0 Å². The van der Waals surface area contributed by atoms with Crippen molar-refractivity contribution in [1.82, 2.24) is 5.32 Å². The van der Waals surface area contributed by atoms with Gasteiger partial charge in [-0.05, 0) is 30.9 Å². The lowest BCUT2D eigenvalue weighted by atomic mass is 10.1. The smallest absolute Gasteiger partial charge is 0.224 e. The van der Waals surface area contributed by atoms with Gasteiger partial charge in [-0.2, -0.15) is 0 Å². The van der Waals surface area contributed by atoms with Gasteiger partial charge in [0.25, 0.3) is 0 Å². The number of rotatable bonds is 7. The van der Waals surface area contributed by atoms with E-state index in [0.29, 0.717) is 12.1 Å². The predicted molar refractivity (Wildman–Crippen MR) is 64.1 cm³/mol. The molecule has 1 aromatic rings. The number of amides is 1. The zero-order valence-corrected chi connectivity index (χ0v) is 9.79.